The summed E-state index contributed by atoms with van der Waals surface area (Å²) in [6, 6.07) is 3.56. The summed E-state index contributed by atoms with van der Waals surface area (Å²) in [6.07, 6.45) is 1.56. The van der Waals surface area contributed by atoms with Crippen LogP contribution in [0.3, 0.4) is 0 Å². The van der Waals surface area contributed by atoms with E-state index in [4.69, 9.17) is 64.6 Å². The van der Waals surface area contributed by atoms with E-state index in [0.29, 0.717) is 16.1 Å². The minimum atomic E-state index is -0.0519. The van der Waals surface area contributed by atoms with Crippen LogP contribution in [0.4, 0.5) is 5.69 Å². The number of aromatic nitrogens is 1. The van der Waals surface area contributed by atoms with Gasteiger partial charge in [-0.3, -0.25) is 0 Å². The number of pyridine rings is 1. The normalized spacial score (nSPS) is 10.1. The Morgan fingerprint density at radius 3 is 2.41 bits per heavy atom. The molecule has 0 radical (unpaired) electrons. The van der Waals surface area contributed by atoms with E-state index >= 15 is 0 Å². The van der Waals surface area contributed by atoms with E-state index in [9.17, 15) is 5.26 Å². The van der Waals surface area contributed by atoms with Crippen LogP contribution in [-0.4, -0.2) is 4.98 Å². The second-order valence-electron chi connectivity index (χ2n) is 4.15. The quantitative estimate of drug-likeness (QED) is 0.339. The zero-order chi connectivity index (χ0) is 16.4. The molecule has 0 aliphatic carbocycles. The molecule has 1 aromatic carbocycles. The van der Waals surface area contributed by atoms with Crippen molar-refractivity contribution in [1.82, 2.24) is 4.98 Å². The lowest BCUT2D eigenvalue weighted by molar-refractivity contribution is 1.14. The summed E-state index contributed by atoms with van der Waals surface area (Å²) in [4.78, 5) is 7.14. The minimum Gasteiger partial charge on any atom is -0.243 e. The molecule has 0 aliphatic heterocycles. The van der Waals surface area contributed by atoms with E-state index in [2.05, 4.69) is 9.83 Å². The van der Waals surface area contributed by atoms with Gasteiger partial charge < -0.3 is 0 Å². The number of rotatable bonds is 2. The van der Waals surface area contributed by atoms with Crippen LogP contribution >= 0.6 is 58.0 Å². The molecule has 110 valence electrons. The average molecular weight is 391 g/mol. The Morgan fingerprint density at radius 2 is 1.82 bits per heavy atom. The first-order valence-corrected chi connectivity index (χ1v) is 7.56. The molecule has 1 aromatic heterocycles. The van der Waals surface area contributed by atoms with Crippen molar-refractivity contribution < 1.29 is 0 Å². The monoisotopic (exact) mass is 389 g/mol. The Balaban J connectivity index is 2.69. The summed E-state index contributed by atoms with van der Waals surface area (Å²) in [5.74, 6) is 0. The van der Waals surface area contributed by atoms with Gasteiger partial charge in [0.25, 0.3) is 0 Å². The molecule has 8 heteroatoms. The molecular weight excluding hydrogens is 387 g/mol. The topological polar surface area (TPSA) is 41.0 Å². The summed E-state index contributed by atoms with van der Waals surface area (Å²) in [5, 5.41) is 10.00. The number of hydrogen-bond acceptors (Lipinski definition) is 2. The first-order chi connectivity index (χ1) is 10.4. The van der Waals surface area contributed by atoms with Crippen LogP contribution in [0.5, 0.6) is 0 Å². The molecular formula is C14H4Cl5N3. The molecule has 0 saturated heterocycles. The first kappa shape index (κ1) is 17.2. The molecule has 0 N–H and O–H groups in total. The fourth-order valence-corrected chi connectivity index (χ4v) is 3.05. The Bertz CT molecular complexity index is 849. The molecule has 0 atom stereocenters. The van der Waals surface area contributed by atoms with Gasteiger partial charge >= 0.3 is 0 Å². The Morgan fingerprint density at radius 1 is 1.14 bits per heavy atom. The maximum atomic E-state index is 9.32. The molecule has 0 unspecified atom stereocenters. The summed E-state index contributed by atoms with van der Waals surface area (Å²) in [5.41, 5.74) is 0.967. The van der Waals surface area contributed by atoms with E-state index in [1.807, 2.05) is 6.07 Å². The van der Waals surface area contributed by atoms with Gasteiger partial charge in [0.05, 0.1) is 38.3 Å². The van der Waals surface area contributed by atoms with Crippen molar-refractivity contribution in [3.63, 3.8) is 0 Å². The van der Waals surface area contributed by atoms with E-state index in [-0.39, 0.29) is 37.9 Å². The molecule has 2 aromatic rings. The molecule has 0 fully saturated rings. The standard InChI is InChI=1S/C14H4Cl5N3/c1-21-13-11(17)9(4-20)8(10(16)12(13)18)3-6-2-7(15)5-22-14(6)19/h2,5H,3H2. The highest BCUT2D eigenvalue weighted by molar-refractivity contribution is 6.47. The van der Waals surface area contributed by atoms with Crippen molar-refractivity contribution in [2.45, 2.75) is 6.42 Å². The average Bonchev–Trinajstić information content (AvgIpc) is 2.49. The van der Waals surface area contributed by atoms with Crippen molar-refractivity contribution in [2.75, 3.05) is 0 Å². The smallest absolute Gasteiger partial charge is 0.226 e. The lowest BCUT2D eigenvalue weighted by Crippen LogP contribution is -1.98. The van der Waals surface area contributed by atoms with Gasteiger partial charge in [0.15, 0.2) is 0 Å². The Kier molecular flexibility index (Phi) is 5.40. The fourth-order valence-electron chi connectivity index (χ4n) is 1.85. The van der Waals surface area contributed by atoms with E-state index < -0.39 is 0 Å². The molecule has 0 amide bonds. The van der Waals surface area contributed by atoms with Gasteiger partial charge in [-0.05, 0) is 17.2 Å². The van der Waals surface area contributed by atoms with Crippen LogP contribution in [0.15, 0.2) is 12.3 Å². The zero-order valence-electron chi connectivity index (χ0n) is 10.6. The maximum absolute atomic E-state index is 9.32. The van der Waals surface area contributed by atoms with Gasteiger partial charge in [-0.25, -0.2) is 9.83 Å². The SMILES string of the molecule is [C-]#[N+]c1c(Cl)c(Cl)c(Cc2cc(Cl)cnc2Cl)c(C#N)c1Cl. The largest absolute Gasteiger partial charge is 0.243 e. The number of hydrogen-bond donors (Lipinski definition) is 0. The van der Waals surface area contributed by atoms with Crippen LogP contribution in [-0.2, 0) is 6.42 Å². The first-order valence-electron chi connectivity index (χ1n) is 5.67. The third-order valence-corrected chi connectivity index (χ3v) is 4.66. The van der Waals surface area contributed by atoms with Crippen LogP contribution in [0.25, 0.3) is 4.85 Å². The summed E-state index contributed by atoms with van der Waals surface area (Å²) in [6.45, 7) is 7.09. The fraction of sp³-hybridized carbons (Fsp3) is 0.0714. The molecule has 0 saturated carbocycles. The van der Waals surface area contributed by atoms with Gasteiger partial charge in [0.2, 0.25) is 5.69 Å². The van der Waals surface area contributed by atoms with Gasteiger partial charge in [0, 0.05) is 12.6 Å². The highest BCUT2D eigenvalue weighted by Crippen LogP contribution is 2.44. The molecule has 2 rings (SSSR count). The Hall–Kier alpha value is -1.20. The van der Waals surface area contributed by atoms with Gasteiger partial charge in [0.1, 0.15) is 5.15 Å². The second-order valence-corrected chi connectivity index (χ2v) is 6.08. The van der Waals surface area contributed by atoms with Gasteiger partial charge in [-0.2, -0.15) is 5.26 Å². The van der Waals surface area contributed by atoms with Crippen molar-refractivity contribution in [1.29, 1.82) is 5.26 Å². The van der Waals surface area contributed by atoms with Crippen molar-refractivity contribution in [2.24, 2.45) is 0 Å². The second kappa shape index (κ2) is 6.92. The predicted molar refractivity (Wildman–Crippen MR) is 89.5 cm³/mol. The van der Waals surface area contributed by atoms with E-state index in [1.54, 1.807) is 6.07 Å². The highest BCUT2D eigenvalue weighted by Gasteiger charge is 2.22. The molecule has 0 bridgehead atoms. The van der Waals surface area contributed by atoms with E-state index in [0.717, 1.165) is 0 Å². The summed E-state index contributed by atoms with van der Waals surface area (Å²) < 4.78 is 0. The molecule has 0 spiro atoms. The lowest BCUT2D eigenvalue weighted by atomic mass is 10.00. The van der Waals surface area contributed by atoms with Crippen LogP contribution in [0, 0.1) is 17.9 Å². The van der Waals surface area contributed by atoms with Crippen molar-refractivity contribution in [3.8, 4) is 6.07 Å². The van der Waals surface area contributed by atoms with Crippen molar-refractivity contribution >= 4 is 63.7 Å². The molecule has 1 heterocycles. The van der Waals surface area contributed by atoms with Crippen LogP contribution in [0.2, 0.25) is 25.2 Å². The van der Waals surface area contributed by atoms with Crippen molar-refractivity contribution in [3.05, 3.63) is 65.6 Å². The molecule has 0 aliphatic rings. The third-order valence-electron chi connectivity index (χ3n) is 2.86. The third kappa shape index (κ3) is 3.10. The highest BCUT2D eigenvalue weighted by atomic mass is 35.5. The van der Waals surface area contributed by atoms with E-state index in [1.165, 1.54) is 6.20 Å². The zero-order valence-corrected chi connectivity index (χ0v) is 14.4. The summed E-state index contributed by atoms with van der Waals surface area (Å²) in [7, 11) is 0. The van der Waals surface area contributed by atoms with Crippen LogP contribution < -0.4 is 0 Å². The van der Waals surface area contributed by atoms with Crippen LogP contribution in [0.1, 0.15) is 16.7 Å². The predicted octanol–water partition coefficient (Wildman–Crippen LogP) is 6.36. The number of nitriles is 1. The lowest BCUT2D eigenvalue weighted by Gasteiger charge is -2.13. The van der Waals surface area contributed by atoms with Gasteiger partial charge in [-0.1, -0.05) is 58.0 Å². The Labute approximate surface area is 151 Å². The van der Waals surface area contributed by atoms with Gasteiger partial charge in [-0.15, -0.1) is 0 Å². The minimum absolute atomic E-state index is 0.00164. The molecule has 3 nitrogen and oxygen atoms in total. The maximum Gasteiger partial charge on any atom is 0.226 e. The summed E-state index contributed by atoms with van der Waals surface area (Å²) >= 11 is 30.2. The number of halogens is 5. The molecule has 22 heavy (non-hydrogen) atoms. The number of nitrogens with zero attached hydrogens (tertiary/aromatic N) is 3. The number of benzene rings is 1.